The Kier molecular flexibility index (Phi) is 28.2. The third-order valence-electron chi connectivity index (χ3n) is 8.30. The van der Waals surface area contributed by atoms with Crippen LogP contribution in [0.1, 0.15) is 163 Å². The molecule has 0 aromatic heterocycles. The smallest absolute Gasteiger partial charge is 0.328 e. The van der Waals surface area contributed by atoms with Gasteiger partial charge in [0, 0.05) is 0 Å². The van der Waals surface area contributed by atoms with Gasteiger partial charge in [0.15, 0.2) is 10.5 Å². The van der Waals surface area contributed by atoms with Crippen LogP contribution in [0.25, 0.3) is 0 Å². The normalized spacial score (nSPS) is 13.0. The molecule has 0 amide bonds. The summed E-state index contributed by atoms with van der Waals surface area (Å²) in [6.07, 6.45) is 14.7. The summed E-state index contributed by atoms with van der Waals surface area (Å²) < 4.78 is 78.9. The lowest BCUT2D eigenvalue weighted by Crippen LogP contribution is -2.41. The molecule has 50 heavy (non-hydrogen) atoms. The Morgan fingerprint density at radius 1 is 0.560 bits per heavy atom. The molecule has 0 aliphatic rings. The van der Waals surface area contributed by atoms with Crippen molar-refractivity contribution in [1.29, 1.82) is 0 Å². The van der Waals surface area contributed by atoms with E-state index in [0.717, 1.165) is 77.0 Å². The van der Waals surface area contributed by atoms with Gasteiger partial charge < -0.3 is 19.3 Å². The van der Waals surface area contributed by atoms with Crippen molar-refractivity contribution < 1.29 is 64.4 Å². The molecule has 3 N–H and O–H groups in total. The van der Waals surface area contributed by atoms with Crippen molar-refractivity contribution in [2.75, 3.05) is 13.2 Å². The molecule has 14 nitrogen and oxygen atoms in total. The minimum Gasteiger partial charge on any atom is -0.481 e. The van der Waals surface area contributed by atoms with Crippen LogP contribution in [0.5, 0.6) is 0 Å². The Balaban J connectivity index is 0. The molecule has 296 valence electrons. The average Bonchev–Trinajstić information content (AvgIpc) is 3.04. The zero-order valence-corrected chi connectivity index (χ0v) is 32.5. The Morgan fingerprint density at radius 2 is 0.960 bits per heavy atom. The highest BCUT2D eigenvalue weighted by Crippen LogP contribution is 2.29. The van der Waals surface area contributed by atoms with Gasteiger partial charge >= 0.3 is 23.9 Å². The van der Waals surface area contributed by atoms with Gasteiger partial charge in [0.2, 0.25) is 0 Å². The summed E-state index contributed by atoms with van der Waals surface area (Å²) in [7, 11) is -9.56. The quantitative estimate of drug-likeness (QED) is 0.0307. The lowest BCUT2D eigenvalue weighted by Gasteiger charge is -2.32. The number of carbonyl (C=O) groups is 4. The molecule has 0 radical (unpaired) electrons. The van der Waals surface area contributed by atoms with Crippen LogP contribution < -0.4 is 0 Å². The molecule has 0 aliphatic carbocycles. The van der Waals surface area contributed by atoms with Crippen LogP contribution in [-0.4, -0.2) is 84.2 Å². The number of aliphatic carboxylic acids is 1. The largest absolute Gasteiger partial charge is 0.481 e. The number of hydrogen-bond donors (Lipinski definition) is 3. The number of hydrogen-bond acceptors (Lipinski definition) is 11. The third-order valence-corrected chi connectivity index (χ3v) is 10.5. The molecule has 0 aromatic rings. The minimum atomic E-state index is -4.83. The molecule has 0 saturated carbocycles. The van der Waals surface area contributed by atoms with E-state index in [1.807, 2.05) is 20.8 Å². The number of rotatable bonds is 29. The molecule has 0 fully saturated rings. The van der Waals surface area contributed by atoms with E-state index in [9.17, 15) is 40.6 Å². The van der Waals surface area contributed by atoms with Crippen LogP contribution in [-0.2, 0) is 53.6 Å². The molecule has 2 atom stereocenters. The van der Waals surface area contributed by atoms with E-state index in [0.29, 0.717) is 32.1 Å². The number of carboxylic acid groups (broad SMARTS) is 1. The van der Waals surface area contributed by atoms with Crippen molar-refractivity contribution >= 4 is 44.1 Å². The van der Waals surface area contributed by atoms with Crippen LogP contribution >= 0.6 is 0 Å². The maximum atomic E-state index is 12.1. The number of carboxylic acids is 1. The fraction of sp³-hybridized carbons (Fsp3) is 0.882. The number of unbranched alkanes of at least 4 members (excludes halogenated alkanes) is 12. The maximum absolute atomic E-state index is 12.1. The predicted molar refractivity (Wildman–Crippen MR) is 190 cm³/mol. The van der Waals surface area contributed by atoms with Crippen LogP contribution in [0, 0.1) is 0 Å². The molecule has 0 bridgehead atoms. The van der Waals surface area contributed by atoms with Crippen molar-refractivity contribution in [1.82, 2.24) is 0 Å². The molecule has 16 heteroatoms. The van der Waals surface area contributed by atoms with Crippen molar-refractivity contribution in [3.63, 3.8) is 0 Å². The summed E-state index contributed by atoms with van der Waals surface area (Å²) in [5.41, 5.74) is -0.826. The molecule has 0 rings (SSSR count). The first kappa shape index (κ1) is 49.8. The number of esters is 3. The fourth-order valence-electron chi connectivity index (χ4n) is 4.98. The molecule has 2 unspecified atom stereocenters. The van der Waals surface area contributed by atoms with E-state index in [1.54, 1.807) is 0 Å². The molecule has 0 heterocycles. The van der Waals surface area contributed by atoms with Gasteiger partial charge in [0.05, 0.1) is 26.1 Å². The molecule has 0 aromatic carbocycles. The average molecular weight is 761 g/mol. The second kappa shape index (κ2) is 28.3. The number of ether oxygens (including phenoxy) is 3. The first-order valence-corrected chi connectivity index (χ1v) is 21.1. The van der Waals surface area contributed by atoms with Gasteiger partial charge in [0.1, 0.15) is 5.60 Å². The Labute approximate surface area is 300 Å². The highest BCUT2D eigenvalue weighted by molar-refractivity contribution is 7.87. The number of carbonyl (C=O) groups excluding carboxylic acids is 3. The van der Waals surface area contributed by atoms with Gasteiger partial charge in [-0.25, -0.2) is 0 Å². The summed E-state index contributed by atoms with van der Waals surface area (Å²) in [6.45, 7) is 10.2. The lowest BCUT2D eigenvalue weighted by atomic mass is 9.90. The van der Waals surface area contributed by atoms with Crippen molar-refractivity contribution in [3.05, 3.63) is 0 Å². The Morgan fingerprint density at radius 3 is 1.38 bits per heavy atom. The molecule has 0 saturated heterocycles. The summed E-state index contributed by atoms with van der Waals surface area (Å²) in [5.74, 6) is -4.63. The molecular weight excluding hydrogens is 696 g/mol. The molecular formula is C34H64O14S2. The second-order valence-corrected chi connectivity index (χ2v) is 15.7. The van der Waals surface area contributed by atoms with Crippen molar-refractivity contribution in [3.8, 4) is 0 Å². The Hall–Kier alpha value is -2.30. The van der Waals surface area contributed by atoms with E-state index in [4.69, 9.17) is 23.9 Å². The van der Waals surface area contributed by atoms with Gasteiger partial charge in [-0.15, -0.1) is 0 Å². The monoisotopic (exact) mass is 760 g/mol. The highest BCUT2D eigenvalue weighted by atomic mass is 32.2. The summed E-state index contributed by atoms with van der Waals surface area (Å²) in [6, 6.07) is 0. The van der Waals surface area contributed by atoms with Gasteiger partial charge in [-0.05, 0) is 38.5 Å². The zero-order chi connectivity index (χ0) is 38.6. The van der Waals surface area contributed by atoms with Crippen LogP contribution in [0.15, 0.2) is 0 Å². The topological polar surface area (TPSA) is 225 Å². The fourth-order valence-corrected chi connectivity index (χ4v) is 6.28. The SMILES string of the molecule is CCCCCC(CC)(CC)OC(=O)C(CC(=O)O)S(=O)(=O)O.CCCCCCCCOC(=O)CC(C(=O)OCCCCCCCC)S(=O)(=O)O. The summed E-state index contributed by atoms with van der Waals surface area (Å²) in [4.78, 5) is 46.5. The molecule has 0 aliphatic heterocycles. The van der Waals surface area contributed by atoms with Gasteiger partial charge in [-0.1, -0.05) is 112 Å². The van der Waals surface area contributed by atoms with Crippen molar-refractivity contribution in [2.45, 2.75) is 179 Å². The van der Waals surface area contributed by atoms with Crippen LogP contribution in [0.3, 0.4) is 0 Å². The first-order valence-electron chi connectivity index (χ1n) is 18.1. The highest BCUT2D eigenvalue weighted by Gasteiger charge is 2.40. The Bertz CT molecular complexity index is 1160. The van der Waals surface area contributed by atoms with E-state index in [1.165, 1.54) is 6.42 Å². The van der Waals surface area contributed by atoms with Crippen molar-refractivity contribution in [2.24, 2.45) is 0 Å². The van der Waals surface area contributed by atoms with E-state index in [-0.39, 0.29) is 13.2 Å². The minimum absolute atomic E-state index is 0.0732. The van der Waals surface area contributed by atoms with E-state index in [2.05, 4.69) is 13.8 Å². The van der Waals surface area contributed by atoms with E-state index < -0.39 is 73.1 Å². The summed E-state index contributed by atoms with van der Waals surface area (Å²) >= 11 is 0. The predicted octanol–water partition coefficient (Wildman–Crippen LogP) is 6.84. The lowest BCUT2D eigenvalue weighted by molar-refractivity contribution is -0.163. The standard InChI is InChI=1S/C20H38O7S.C14H26O7S/c1-3-5-7-9-11-13-15-26-19(21)17-18(28(23,24)25)20(22)27-16-14-12-10-8-6-4-2;1-4-7-8-9-14(5-2,6-3)21-13(17)11(10-12(15)16)22(18,19)20/h18H,3-17H2,1-2H3,(H,23,24,25);11H,4-10H2,1-3H3,(H,15,16)(H,18,19,20). The second-order valence-electron chi connectivity index (χ2n) is 12.5. The van der Waals surface area contributed by atoms with Gasteiger partial charge in [-0.3, -0.25) is 28.3 Å². The molecule has 0 spiro atoms. The first-order chi connectivity index (χ1) is 23.4. The van der Waals surface area contributed by atoms with Gasteiger partial charge in [0.25, 0.3) is 20.2 Å². The van der Waals surface area contributed by atoms with Crippen LogP contribution in [0.4, 0.5) is 0 Å². The van der Waals surface area contributed by atoms with E-state index >= 15 is 0 Å². The summed E-state index contributed by atoms with van der Waals surface area (Å²) in [5, 5.41) is 4.68. The third kappa shape index (κ3) is 24.8. The van der Waals surface area contributed by atoms with Crippen LogP contribution in [0.2, 0.25) is 0 Å². The van der Waals surface area contributed by atoms with Gasteiger partial charge in [-0.2, -0.15) is 16.8 Å². The maximum Gasteiger partial charge on any atom is 0.328 e. The zero-order valence-electron chi connectivity index (χ0n) is 30.9.